The Labute approximate surface area is 170 Å². The van der Waals surface area contributed by atoms with Crippen molar-refractivity contribution in [3.8, 4) is 11.4 Å². The predicted octanol–water partition coefficient (Wildman–Crippen LogP) is 3.27. The second kappa shape index (κ2) is 8.88. The van der Waals surface area contributed by atoms with Crippen LogP contribution in [0, 0.1) is 0 Å². The number of halogens is 1. The second-order valence-electron chi connectivity index (χ2n) is 7.64. The first-order valence-corrected chi connectivity index (χ1v) is 10.1. The van der Waals surface area contributed by atoms with Gasteiger partial charge in [0.05, 0.1) is 24.3 Å². The fourth-order valence-corrected chi connectivity index (χ4v) is 3.72. The van der Waals surface area contributed by atoms with Crippen LogP contribution in [-0.4, -0.2) is 52.9 Å². The van der Waals surface area contributed by atoms with Gasteiger partial charge in [0.1, 0.15) is 5.82 Å². The lowest BCUT2D eigenvalue weighted by Gasteiger charge is -2.34. The van der Waals surface area contributed by atoms with Gasteiger partial charge < -0.3 is 14.8 Å². The van der Waals surface area contributed by atoms with Crippen LogP contribution in [0.25, 0.3) is 11.4 Å². The molecule has 7 heteroatoms. The van der Waals surface area contributed by atoms with Gasteiger partial charge in [0.15, 0.2) is 0 Å². The normalized spacial score (nSPS) is 16.3. The average molecular weight is 403 g/mol. The molecule has 0 fully saturated rings. The summed E-state index contributed by atoms with van der Waals surface area (Å²) in [5.74, 6) is 0.663. The SMILES string of the molecule is CCCCC1CN(C(=O)CN(C)C)Cc2c1nc(-c1ccc(Cl)cc1)[nH]c2=O. The van der Waals surface area contributed by atoms with E-state index in [1.165, 1.54) is 0 Å². The highest BCUT2D eigenvalue weighted by Gasteiger charge is 2.31. The first-order chi connectivity index (χ1) is 13.4. The summed E-state index contributed by atoms with van der Waals surface area (Å²) in [6.45, 7) is 3.40. The van der Waals surface area contributed by atoms with Crippen molar-refractivity contribution in [2.75, 3.05) is 27.2 Å². The molecule has 150 valence electrons. The molecule has 1 aromatic heterocycles. The number of amides is 1. The summed E-state index contributed by atoms with van der Waals surface area (Å²) in [5, 5.41) is 0.639. The molecule has 0 spiro atoms. The third-order valence-electron chi connectivity index (χ3n) is 5.05. The molecule has 1 aliphatic rings. The number of hydrogen-bond donors (Lipinski definition) is 1. The zero-order valence-corrected chi connectivity index (χ0v) is 17.4. The van der Waals surface area contributed by atoms with Crippen molar-refractivity contribution in [3.63, 3.8) is 0 Å². The van der Waals surface area contributed by atoms with Crippen molar-refractivity contribution in [1.29, 1.82) is 0 Å². The van der Waals surface area contributed by atoms with Crippen LogP contribution in [0.1, 0.15) is 43.4 Å². The number of benzene rings is 1. The molecule has 0 aliphatic carbocycles. The Kier molecular flexibility index (Phi) is 6.52. The molecular weight excluding hydrogens is 376 g/mol. The summed E-state index contributed by atoms with van der Waals surface area (Å²) in [5.41, 5.74) is 2.09. The van der Waals surface area contributed by atoms with E-state index < -0.39 is 0 Å². The van der Waals surface area contributed by atoms with Gasteiger partial charge in [-0.15, -0.1) is 0 Å². The molecule has 0 saturated carbocycles. The van der Waals surface area contributed by atoms with Crippen LogP contribution in [0.15, 0.2) is 29.1 Å². The van der Waals surface area contributed by atoms with E-state index in [-0.39, 0.29) is 17.4 Å². The lowest BCUT2D eigenvalue weighted by Crippen LogP contribution is -2.44. The smallest absolute Gasteiger partial charge is 0.256 e. The highest BCUT2D eigenvalue weighted by Crippen LogP contribution is 2.30. The van der Waals surface area contributed by atoms with Crippen LogP contribution in [-0.2, 0) is 11.3 Å². The van der Waals surface area contributed by atoms with E-state index in [0.717, 1.165) is 30.5 Å². The van der Waals surface area contributed by atoms with E-state index >= 15 is 0 Å². The van der Waals surface area contributed by atoms with Crippen LogP contribution < -0.4 is 5.56 Å². The molecule has 1 unspecified atom stereocenters. The third kappa shape index (κ3) is 4.62. The summed E-state index contributed by atoms with van der Waals surface area (Å²) < 4.78 is 0. The van der Waals surface area contributed by atoms with E-state index in [9.17, 15) is 9.59 Å². The maximum Gasteiger partial charge on any atom is 0.256 e. The Morgan fingerprint density at radius 2 is 2.04 bits per heavy atom. The van der Waals surface area contributed by atoms with Crippen molar-refractivity contribution in [1.82, 2.24) is 19.8 Å². The fourth-order valence-electron chi connectivity index (χ4n) is 3.60. The zero-order chi connectivity index (χ0) is 20.3. The van der Waals surface area contributed by atoms with Crippen LogP contribution >= 0.6 is 11.6 Å². The van der Waals surface area contributed by atoms with Gasteiger partial charge in [0, 0.05) is 23.0 Å². The molecule has 0 saturated heterocycles. The van der Waals surface area contributed by atoms with Crippen molar-refractivity contribution >= 4 is 17.5 Å². The second-order valence-corrected chi connectivity index (χ2v) is 8.07. The Hall–Kier alpha value is -2.18. The number of likely N-dealkylation sites (N-methyl/N-ethyl adjacent to an activating group) is 1. The molecule has 1 amide bonds. The van der Waals surface area contributed by atoms with E-state index in [1.54, 1.807) is 17.0 Å². The minimum Gasteiger partial charge on any atom is -0.336 e. The highest BCUT2D eigenvalue weighted by atomic mass is 35.5. The Morgan fingerprint density at radius 3 is 2.68 bits per heavy atom. The highest BCUT2D eigenvalue weighted by molar-refractivity contribution is 6.30. The molecule has 0 bridgehead atoms. The monoisotopic (exact) mass is 402 g/mol. The zero-order valence-electron chi connectivity index (χ0n) is 16.7. The molecule has 6 nitrogen and oxygen atoms in total. The van der Waals surface area contributed by atoms with Gasteiger partial charge in [-0.1, -0.05) is 31.4 Å². The van der Waals surface area contributed by atoms with E-state index in [1.807, 2.05) is 31.1 Å². The number of carbonyl (C=O) groups excluding carboxylic acids is 1. The number of nitrogens with zero attached hydrogens (tertiary/aromatic N) is 3. The molecule has 1 aromatic carbocycles. The summed E-state index contributed by atoms with van der Waals surface area (Å²) in [7, 11) is 3.74. The van der Waals surface area contributed by atoms with Crippen LogP contribution in [0.4, 0.5) is 0 Å². The van der Waals surface area contributed by atoms with Crippen molar-refractivity contribution in [3.05, 3.63) is 50.9 Å². The minimum atomic E-state index is -0.168. The third-order valence-corrected chi connectivity index (χ3v) is 5.30. The lowest BCUT2D eigenvalue weighted by atomic mass is 9.90. The Bertz CT molecular complexity index is 892. The van der Waals surface area contributed by atoms with Gasteiger partial charge in [0.2, 0.25) is 5.91 Å². The van der Waals surface area contributed by atoms with E-state index in [4.69, 9.17) is 16.6 Å². The predicted molar refractivity (Wildman–Crippen MR) is 112 cm³/mol. The molecule has 3 rings (SSSR count). The van der Waals surface area contributed by atoms with Crippen molar-refractivity contribution in [2.24, 2.45) is 0 Å². The van der Waals surface area contributed by atoms with E-state index in [0.29, 0.717) is 36.0 Å². The van der Waals surface area contributed by atoms with Gasteiger partial charge in [-0.2, -0.15) is 0 Å². The van der Waals surface area contributed by atoms with Gasteiger partial charge in [-0.3, -0.25) is 9.59 Å². The van der Waals surface area contributed by atoms with Crippen molar-refractivity contribution in [2.45, 2.75) is 38.6 Å². The first-order valence-electron chi connectivity index (χ1n) is 9.70. The summed E-state index contributed by atoms with van der Waals surface area (Å²) >= 11 is 5.97. The summed E-state index contributed by atoms with van der Waals surface area (Å²) in [6, 6.07) is 7.27. The lowest BCUT2D eigenvalue weighted by molar-refractivity contribution is -0.133. The van der Waals surface area contributed by atoms with Crippen LogP contribution in [0.5, 0.6) is 0 Å². The first kappa shape index (κ1) is 20.6. The number of unbranched alkanes of at least 4 members (excludes halogenated alkanes) is 1. The molecule has 28 heavy (non-hydrogen) atoms. The van der Waals surface area contributed by atoms with E-state index in [2.05, 4.69) is 11.9 Å². The summed E-state index contributed by atoms with van der Waals surface area (Å²) in [6.07, 6.45) is 3.00. The fraction of sp³-hybridized carbons (Fsp3) is 0.476. The number of carbonyl (C=O) groups is 1. The topological polar surface area (TPSA) is 69.3 Å². The Balaban J connectivity index is 1.99. The molecule has 1 atom stereocenters. The van der Waals surface area contributed by atoms with Crippen LogP contribution in [0.3, 0.4) is 0 Å². The molecule has 2 aromatic rings. The molecule has 1 N–H and O–H groups in total. The van der Waals surface area contributed by atoms with Gasteiger partial charge in [-0.05, 0) is 44.8 Å². The van der Waals surface area contributed by atoms with Gasteiger partial charge in [-0.25, -0.2) is 4.98 Å². The minimum absolute atomic E-state index is 0.0401. The van der Waals surface area contributed by atoms with Gasteiger partial charge >= 0.3 is 0 Å². The Morgan fingerprint density at radius 1 is 1.32 bits per heavy atom. The number of fused-ring (bicyclic) bond motifs is 1. The maximum atomic E-state index is 12.9. The maximum absolute atomic E-state index is 12.9. The standard InChI is InChI=1S/C21H27ClN4O2/c1-4-5-6-15-11-26(18(27)13-25(2)3)12-17-19(15)23-20(24-21(17)28)14-7-9-16(22)10-8-14/h7-10,15H,4-6,11-13H2,1-3H3,(H,23,24,28). The largest absolute Gasteiger partial charge is 0.336 e. The van der Waals surface area contributed by atoms with Crippen LogP contribution in [0.2, 0.25) is 5.02 Å². The molecule has 1 aliphatic heterocycles. The number of nitrogens with one attached hydrogen (secondary N) is 1. The number of aromatic amines is 1. The number of aromatic nitrogens is 2. The molecular formula is C21H27ClN4O2. The number of H-pyrrole nitrogens is 1. The molecule has 0 radical (unpaired) electrons. The number of rotatable bonds is 6. The quantitative estimate of drug-likeness (QED) is 0.805. The van der Waals surface area contributed by atoms with Gasteiger partial charge in [0.25, 0.3) is 5.56 Å². The number of hydrogen-bond acceptors (Lipinski definition) is 4. The van der Waals surface area contributed by atoms with Crippen molar-refractivity contribution < 1.29 is 4.79 Å². The molecule has 2 heterocycles. The average Bonchev–Trinajstić information content (AvgIpc) is 2.66. The summed E-state index contributed by atoms with van der Waals surface area (Å²) in [4.78, 5) is 36.8.